The lowest BCUT2D eigenvalue weighted by atomic mass is 10.5. The number of nitriles is 1. The van der Waals surface area contributed by atoms with Crippen molar-refractivity contribution >= 4 is 21.5 Å². The number of rotatable bonds is 5. The van der Waals surface area contributed by atoms with Gasteiger partial charge in [0.05, 0.1) is 23.3 Å². The van der Waals surface area contributed by atoms with Gasteiger partial charge in [-0.05, 0) is 6.92 Å². The highest BCUT2D eigenvalue weighted by molar-refractivity contribution is 7.86. The SMILES string of the molecule is Cc1nc(CN(CC#N)S(=O)(=O)N(C)C)cs1. The summed E-state index contributed by atoms with van der Waals surface area (Å²) < 4.78 is 26.0. The second-order valence-electron chi connectivity index (χ2n) is 3.57. The summed E-state index contributed by atoms with van der Waals surface area (Å²) >= 11 is 1.45. The van der Waals surface area contributed by atoms with Crippen LogP contribution in [-0.2, 0) is 16.8 Å². The summed E-state index contributed by atoms with van der Waals surface area (Å²) in [6, 6.07) is 1.85. The summed E-state index contributed by atoms with van der Waals surface area (Å²) in [6.45, 7) is 1.79. The number of nitrogens with zero attached hydrogens (tertiary/aromatic N) is 4. The highest BCUT2D eigenvalue weighted by Crippen LogP contribution is 2.13. The maximum Gasteiger partial charge on any atom is 0.282 e. The molecule has 0 radical (unpaired) electrons. The molecule has 8 heteroatoms. The van der Waals surface area contributed by atoms with Gasteiger partial charge >= 0.3 is 0 Å². The van der Waals surface area contributed by atoms with Crippen molar-refractivity contribution in [3.63, 3.8) is 0 Å². The van der Waals surface area contributed by atoms with Crippen molar-refractivity contribution in [2.24, 2.45) is 0 Å². The Balaban J connectivity index is 2.92. The molecule has 0 aromatic carbocycles. The van der Waals surface area contributed by atoms with Gasteiger partial charge in [0.2, 0.25) is 0 Å². The van der Waals surface area contributed by atoms with E-state index in [2.05, 4.69) is 4.98 Å². The van der Waals surface area contributed by atoms with Crippen molar-refractivity contribution in [3.8, 4) is 6.07 Å². The van der Waals surface area contributed by atoms with Gasteiger partial charge in [0.15, 0.2) is 0 Å². The molecule has 1 aromatic rings. The van der Waals surface area contributed by atoms with E-state index in [0.29, 0.717) is 5.69 Å². The molecule has 0 N–H and O–H groups in total. The fraction of sp³-hybridized carbons (Fsp3) is 0.556. The molecule has 0 saturated carbocycles. The zero-order chi connectivity index (χ0) is 13.1. The molecule has 0 spiro atoms. The fourth-order valence-corrected chi connectivity index (χ4v) is 2.77. The Bertz CT molecular complexity index is 515. The van der Waals surface area contributed by atoms with Crippen LogP contribution in [0.5, 0.6) is 0 Å². The van der Waals surface area contributed by atoms with Crippen LogP contribution in [0.25, 0.3) is 0 Å². The largest absolute Gasteiger partial charge is 0.282 e. The monoisotopic (exact) mass is 274 g/mol. The third-order valence-corrected chi connectivity index (χ3v) is 4.70. The molecule has 0 amide bonds. The van der Waals surface area contributed by atoms with Crippen LogP contribution >= 0.6 is 11.3 Å². The number of thiazole rings is 1. The van der Waals surface area contributed by atoms with Crippen molar-refractivity contribution in [1.82, 2.24) is 13.6 Å². The van der Waals surface area contributed by atoms with Crippen molar-refractivity contribution < 1.29 is 8.42 Å². The van der Waals surface area contributed by atoms with E-state index in [1.807, 2.05) is 13.0 Å². The molecule has 6 nitrogen and oxygen atoms in total. The van der Waals surface area contributed by atoms with Crippen LogP contribution in [0.1, 0.15) is 10.7 Å². The molecule has 17 heavy (non-hydrogen) atoms. The lowest BCUT2D eigenvalue weighted by Crippen LogP contribution is -2.39. The molecule has 0 aliphatic heterocycles. The van der Waals surface area contributed by atoms with Crippen LogP contribution in [-0.4, -0.2) is 42.7 Å². The summed E-state index contributed by atoms with van der Waals surface area (Å²) in [6.07, 6.45) is 0. The summed E-state index contributed by atoms with van der Waals surface area (Å²) in [5.41, 5.74) is 0.660. The Hall–Kier alpha value is -1.01. The van der Waals surface area contributed by atoms with E-state index in [1.165, 1.54) is 25.4 Å². The normalized spacial score (nSPS) is 12.0. The second kappa shape index (κ2) is 5.55. The van der Waals surface area contributed by atoms with E-state index in [9.17, 15) is 8.42 Å². The first kappa shape index (κ1) is 14.1. The Labute approximate surface area is 105 Å². The highest BCUT2D eigenvalue weighted by Gasteiger charge is 2.25. The fourth-order valence-electron chi connectivity index (χ4n) is 1.19. The van der Waals surface area contributed by atoms with E-state index in [4.69, 9.17) is 5.26 Å². The summed E-state index contributed by atoms with van der Waals surface area (Å²) in [5, 5.41) is 11.3. The van der Waals surface area contributed by atoms with Crippen molar-refractivity contribution in [2.75, 3.05) is 20.6 Å². The minimum atomic E-state index is -3.58. The molecule has 0 atom stereocenters. The van der Waals surface area contributed by atoms with E-state index in [1.54, 1.807) is 5.38 Å². The van der Waals surface area contributed by atoms with Crippen LogP contribution < -0.4 is 0 Å². The molecule has 0 aliphatic carbocycles. The Morgan fingerprint density at radius 2 is 2.18 bits per heavy atom. The quantitative estimate of drug-likeness (QED) is 0.736. The zero-order valence-electron chi connectivity index (χ0n) is 9.91. The van der Waals surface area contributed by atoms with Gasteiger partial charge in [-0.3, -0.25) is 0 Å². The van der Waals surface area contributed by atoms with Gasteiger partial charge in [-0.1, -0.05) is 0 Å². The van der Waals surface area contributed by atoms with Gasteiger partial charge in [0.25, 0.3) is 10.2 Å². The third-order valence-electron chi connectivity index (χ3n) is 2.04. The van der Waals surface area contributed by atoms with Crippen LogP contribution in [0, 0.1) is 18.3 Å². The average Bonchev–Trinajstić information content (AvgIpc) is 2.63. The van der Waals surface area contributed by atoms with Crippen LogP contribution in [0.2, 0.25) is 0 Å². The number of hydrogen-bond acceptors (Lipinski definition) is 5. The maximum atomic E-state index is 11.9. The maximum absolute atomic E-state index is 11.9. The topological polar surface area (TPSA) is 77.3 Å². The minimum absolute atomic E-state index is 0.123. The summed E-state index contributed by atoms with van der Waals surface area (Å²) in [5.74, 6) is 0. The van der Waals surface area contributed by atoms with E-state index < -0.39 is 10.2 Å². The lowest BCUT2D eigenvalue weighted by molar-refractivity contribution is 0.393. The standard InChI is InChI=1S/C9H14N4O2S2/c1-8-11-9(7-16-8)6-13(5-4-10)17(14,15)12(2)3/h7H,5-6H2,1-3H3. The molecule has 0 fully saturated rings. The first-order chi connectivity index (χ1) is 7.87. The number of aromatic nitrogens is 1. The second-order valence-corrected chi connectivity index (χ2v) is 6.78. The highest BCUT2D eigenvalue weighted by atomic mass is 32.2. The first-order valence-electron chi connectivity index (χ1n) is 4.83. The number of aryl methyl sites for hydroxylation is 1. The molecule has 94 valence electrons. The minimum Gasteiger partial charge on any atom is -0.245 e. The van der Waals surface area contributed by atoms with Gasteiger partial charge in [-0.25, -0.2) is 4.98 Å². The Kier molecular flexibility index (Phi) is 4.59. The first-order valence-corrected chi connectivity index (χ1v) is 7.11. The zero-order valence-corrected chi connectivity index (χ0v) is 11.5. The van der Waals surface area contributed by atoms with Gasteiger partial charge < -0.3 is 0 Å². The van der Waals surface area contributed by atoms with E-state index >= 15 is 0 Å². The molecular formula is C9H14N4O2S2. The molecule has 0 aliphatic rings. The van der Waals surface area contributed by atoms with Crippen molar-refractivity contribution in [3.05, 3.63) is 16.1 Å². The van der Waals surface area contributed by atoms with Crippen LogP contribution in [0.4, 0.5) is 0 Å². The molecular weight excluding hydrogens is 260 g/mol. The molecule has 1 heterocycles. The van der Waals surface area contributed by atoms with Crippen molar-refractivity contribution in [1.29, 1.82) is 5.26 Å². The van der Waals surface area contributed by atoms with Gasteiger partial charge in [-0.15, -0.1) is 11.3 Å². The molecule has 0 saturated heterocycles. The molecule has 0 unspecified atom stereocenters. The molecule has 0 bridgehead atoms. The van der Waals surface area contributed by atoms with Gasteiger partial charge in [0, 0.05) is 19.5 Å². The summed E-state index contributed by atoms with van der Waals surface area (Å²) in [4.78, 5) is 4.19. The Morgan fingerprint density at radius 1 is 1.53 bits per heavy atom. The molecule has 1 aromatic heterocycles. The lowest BCUT2D eigenvalue weighted by Gasteiger charge is -2.22. The smallest absolute Gasteiger partial charge is 0.245 e. The van der Waals surface area contributed by atoms with Crippen LogP contribution in [0.3, 0.4) is 0 Å². The van der Waals surface area contributed by atoms with Crippen molar-refractivity contribution in [2.45, 2.75) is 13.5 Å². The van der Waals surface area contributed by atoms with Crippen LogP contribution in [0.15, 0.2) is 5.38 Å². The molecule has 1 rings (SSSR count). The average molecular weight is 274 g/mol. The van der Waals surface area contributed by atoms with E-state index in [0.717, 1.165) is 13.6 Å². The predicted octanol–water partition coefficient (Wildman–Crippen LogP) is 0.583. The predicted molar refractivity (Wildman–Crippen MR) is 65.5 cm³/mol. The summed E-state index contributed by atoms with van der Waals surface area (Å²) in [7, 11) is -0.708. The van der Waals surface area contributed by atoms with Gasteiger partial charge in [-0.2, -0.15) is 22.3 Å². The number of hydrogen-bond donors (Lipinski definition) is 0. The van der Waals surface area contributed by atoms with E-state index in [-0.39, 0.29) is 13.1 Å². The Morgan fingerprint density at radius 3 is 2.59 bits per heavy atom. The van der Waals surface area contributed by atoms with Gasteiger partial charge in [0.1, 0.15) is 6.54 Å². The third kappa shape index (κ3) is 3.47.